The van der Waals surface area contributed by atoms with E-state index in [-0.39, 0.29) is 21.3 Å². The maximum atomic E-state index is 13.2. The third kappa shape index (κ3) is 6.20. The number of sulfonamides is 2. The molecule has 0 saturated carbocycles. The maximum Gasteiger partial charge on any atom is 0.264 e. The van der Waals surface area contributed by atoms with Crippen LogP contribution in [0.2, 0.25) is 0 Å². The lowest BCUT2D eigenvalue weighted by molar-refractivity contribution is 0.102. The predicted molar refractivity (Wildman–Crippen MR) is 145 cm³/mol. The zero-order valence-corrected chi connectivity index (χ0v) is 23.4. The second-order valence-electron chi connectivity index (χ2n) is 9.62. The molecular weight excluding hydrogens is 526 g/mol. The van der Waals surface area contributed by atoms with Crippen molar-refractivity contribution in [3.63, 3.8) is 0 Å². The van der Waals surface area contributed by atoms with Crippen LogP contribution in [0.1, 0.15) is 47.1 Å². The number of aromatic nitrogens is 2. The molecule has 3 aromatic rings. The van der Waals surface area contributed by atoms with Gasteiger partial charge in [0, 0.05) is 35.7 Å². The third-order valence-electron chi connectivity index (χ3n) is 6.46. The summed E-state index contributed by atoms with van der Waals surface area (Å²) in [6.07, 6.45) is 1.61. The van der Waals surface area contributed by atoms with E-state index in [1.165, 1.54) is 40.7 Å². The van der Waals surface area contributed by atoms with Crippen molar-refractivity contribution >= 4 is 37.6 Å². The van der Waals surface area contributed by atoms with Crippen LogP contribution in [0.5, 0.6) is 0 Å². The molecule has 0 atom stereocenters. The fourth-order valence-electron chi connectivity index (χ4n) is 4.25. The Kier molecular flexibility index (Phi) is 7.86. The van der Waals surface area contributed by atoms with Gasteiger partial charge >= 0.3 is 0 Å². The smallest absolute Gasteiger partial charge is 0.264 e. The lowest BCUT2D eigenvalue weighted by atomic mass is 10.0. The molecule has 4 rings (SSSR count). The second-order valence-corrected chi connectivity index (χ2v) is 13.2. The van der Waals surface area contributed by atoms with Crippen LogP contribution in [-0.2, 0) is 20.0 Å². The highest BCUT2D eigenvalue weighted by atomic mass is 32.2. The SMILES string of the molecule is Cc1cc(C)nc(NS(=O)(=O)c2ccc(NC(=O)c3cc(S(=O)(=O)N4CCC(C)CC4)ccc3C)cc2)n1. The van der Waals surface area contributed by atoms with Crippen LogP contribution in [0.4, 0.5) is 11.6 Å². The van der Waals surface area contributed by atoms with Gasteiger partial charge in [0.25, 0.3) is 15.9 Å². The average molecular weight is 558 g/mol. The Labute approximate surface area is 223 Å². The topological polar surface area (TPSA) is 138 Å². The van der Waals surface area contributed by atoms with Crippen molar-refractivity contribution in [2.24, 2.45) is 5.92 Å². The number of hydrogen-bond donors (Lipinski definition) is 2. The van der Waals surface area contributed by atoms with E-state index in [0.29, 0.717) is 41.6 Å². The number of nitrogens with zero attached hydrogens (tertiary/aromatic N) is 3. The fraction of sp³-hybridized carbons (Fsp3) is 0.346. The number of aryl methyl sites for hydroxylation is 3. The Hall–Kier alpha value is -3.35. The summed E-state index contributed by atoms with van der Waals surface area (Å²) in [7, 11) is -7.66. The molecule has 2 aromatic carbocycles. The zero-order chi connectivity index (χ0) is 27.7. The van der Waals surface area contributed by atoms with E-state index in [1.54, 1.807) is 32.9 Å². The molecule has 0 radical (unpaired) electrons. The molecule has 0 unspecified atom stereocenters. The first-order chi connectivity index (χ1) is 17.8. The molecule has 0 bridgehead atoms. The highest BCUT2D eigenvalue weighted by molar-refractivity contribution is 7.92. The quantitative estimate of drug-likeness (QED) is 0.450. The molecule has 0 aliphatic carbocycles. The lowest BCUT2D eigenvalue weighted by Gasteiger charge is -2.29. The molecule has 12 heteroatoms. The highest BCUT2D eigenvalue weighted by Gasteiger charge is 2.29. The monoisotopic (exact) mass is 557 g/mol. The summed E-state index contributed by atoms with van der Waals surface area (Å²) >= 11 is 0. The minimum atomic E-state index is -3.95. The number of carbonyl (C=O) groups excluding carboxylic acids is 1. The van der Waals surface area contributed by atoms with Gasteiger partial charge in [-0.15, -0.1) is 0 Å². The van der Waals surface area contributed by atoms with Crippen LogP contribution in [0.15, 0.2) is 58.3 Å². The van der Waals surface area contributed by atoms with Gasteiger partial charge in [0.1, 0.15) is 0 Å². The summed E-state index contributed by atoms with van der Waals surface area (Å²) in [5.41, 5.74) is 2.46. The Morgan fingerprint density at radius 1 is 0.868 bits per heavy atom. The van der Waals surface area contributed by atoms with Gasteiger partial charge < -0.3 is 5.32 Å². The molecule has 1 amide bonds. The van der Waals surface area contributed by atoms with Crippen molar-refractivity contribution < 1.29 is 21.6 Å². The van der Waals surface area contributed by atoms with E-state index in [2.05, 4.69) is 26.9 Å². The van der Waals surface area contributed by atoms with Gasteiger partial charge in [-0.25, -0.2) is 31.5 Å². The van der Waals surface area contributed by atoms with Crippen molar-refractivity contribution in [3.8, 4) is 0 Å². The molecule has 1 fully saturated rings. The standard InChI is InChI=1S/C26H31N5O5S2/c1-17-11-13-31(14-12-17)38(35,36)23-8-5-18(2)24(16-23)25(32)29-21-6-9-22(10-7-21)37(33,34)30-26-27-19(3)15-20(4)28-26/h5-10,15-17H,11-14H2,1-4H3,(H,29,32)(H,27,28,30). The van der Waals surface area contributed by atoms with E-state index in [1.807, 2.05) is 0 Å². The lowest BCUT2D eigenvalue weighted by Crippen LogP contribution is -2.38. The number of carbonyl (C=O) groups is 1. The number of piperidine rings is 1. The van der Waals surface area contributed by atoms with E-state index in [0.717, 1.165) is 12.8 Å². The second kappa shape index (κ2) is 10.8. The van der Waals surface area contributed by atoms with Crippen molar-refractivity contribution in [2.45, 2.75) is 50.3 Å². The molecule has 2 N–H and O–H groups in total. The number of rotatable bonds is 7. The average Bonchev–Trinajstić information content (AvgIpc) is 2.84. The molecule has 38 heavy (non-hydrogen) atoms. The highest BCUT2D eigenvalue weighted by Crippen LogP contribution is 2.26. The number of anilines is 2. The van der Waals surface area contributed by atoms with E-state index in [9.17, 15) is 21.6 Å². The van der Waals surface area contributed by atoms with Crippen molar-refractivity contribution in [3.05, 3.63) is 71.0 Å². The van der Waals surface area contributed by atoms with Gasteiger partial charge in [-0.05, 0) is 87.6 Å². The summed E-state index contributed by atoms with van der Waals surface area (Å²) in [6, 6.07) is 11.9. The van der Waals surface area contributed by atoms with Crippen LogP contribution in [0.25, 0.3) is 0 Å². The van der Waals surface area contributed by atoms with Crippen LogP contribution in [-0.4, -0.2) is 50.1 Å². The van der Waals surface area contributed by atoms with E-state index in [4.69, 9.17) is 0 Å². The van der Waals surface area contributed by atoms with Crippen molar-refractivity contribution in [2.75, 3.05) is 23.1 Å². The van der Waals surface area contributed by atoms with Gasteiger partial charge in [-0.1, -0.05) is 13.0 Å². The van der Waals surface area contributed by atoms with Gasteiger partial charge in [-0.3, -0.25) is 4.79 Å². The molecule has 1 saturated heterocycles. The number of nitrogens with one attached hydrogen (secondary N) is 2. The van der Waals surface area contributed by atoms with Gasteiger partial charge in [0.2, 0.25) is 16.0 Å². The minimum Gasteiger partial charge on any atom is -0.322 e. The maximum absolute atomic E-state index is 13.2. The summed E-state index contributed by atoms with van der Waals surface area (Å²) in [5, 5.41) is 2.72. The first-order valence-corrected chi connectivity index (χ1v) is 15.1. The van der Waals surface area contributed by atoms with Gasteiger partial charge in [0.05, 0.1) is 9.79 Å². The van der Waals surface area contributed by atoms with Crippen LogP contribution in [0.3, 0.4) is 0 Å². The predicted octanol–water partition coefficient (Wildman–Crippen LogP) is 3.88. The molecule has 10 nitrogen and oxygen atoms in total. The summed E-state index contributed by atoms with van der Waals surface area (Å²) in [5.74, 6) is -0.0357. The number of benzene rings is 2. The largest absolute Gasteiger partial charge is 0.322 e. The normalized spacial score (nSPS) is 15.3. The minimum absolute atomic E-state index is 0.0238. The Morgan fingerprint density at radius 2 is 1.45 bits per heavy atom. The van der Waals surface area contributed by atoms with Crippen LogP contribution >= 0.6 is 0 Å². The number of hydrogen-bond acceptors (Lipinski definition) is 7. The first-order valence-electron chi connectivity index (χ1n) is 12.2. The molecule has 1 aliphatic heterocycles. The van der Waals surface area contributed by atoms with E-state index >= 15 is 0 Å². The summed E-state index contributed by atoms with van der Waals surface area (Å²) in [4.78, 5) is 21.3. The fourth-order valence-corrected chi connectivity index (χ4v) is 6.69. The van der Waals surface area contributed by atoms with Crippen molar-refractivity contribution in [1.29, 1.82) is 0 Å². The van der Waals surface area contributed by atoms with Crippen LogP contribution in [0, 0.1) is 26.7 Å². The Morgan fingerprint density at radius 3 is 2.05 bits per heavy atom. The molecule has 1 aromatic heterocycles. The summed E-state index contributed by atoms with van der Waals surface area (Å²) in [6.45, 7) is 8.23. The number of amides is 1. The van der Waals surface area contributed by atoms with E-state index < -0.39 is 26.0 Å². The molecule has 2 heterocycles. The first kappa shape index (κ1) is 27.7. The molecular formula is C26H31N5O5S2. The van der Waals surface area contributed by atoms with Gasteiger partial charge in [-0.2, -0.15) is 4.31 Å². The molecule has 202 valence electrons. The third-order valence-corrected chi connectivity index (χ3v) is 9.70. The molecule has 1 aliphatic rings. The Balaban J connectivity index is 1.49. The summed E-state index contributed by atoms with van der Waals surface area (Å²) < 4.78 is 55.7. The molecule has 0 spiro atoms. The zero-order valence-electron chi connectivity index (χ0n) is 21.7. The Bertz CT molecular complexity index is 1540. The van der Waals surface area contributed by atoms with Gasteiger partial charge in [0.15, 0.2) is 0 Å². The van der Waals surface area contributed by atoms with Crippen LogP contribution < -0.4 is 10.0 Å². The van der Waals surface area contributed by atoms with Crippen molar-refractivity contribution in [1.82, 2.24) is 14.3 Å².